The second-order valence-corrected chi connectivity index (χ2v) is 10.1. The van der Waals surface area contributed by atoms with Gasteiger partial charge < -0.3 is 9.15 Å². The highest BCUT2D eigenvalue weighted by molar-refractivity contribution is 6.30. The van der Waals surface area contributed by atoms with Crippen molar-refractivity contribution in [3.05, 3.63) is 104 Å². The van der Waals surface area contributed by atoms with E-state index in [0.717, 1.165) is 16.7 Å². The van der Waals surface area contributed by atoms with E-state index in [9.17, 15) is 9.59 Å². The smallest absolute Gasteiger partial charge is 0.336 e. The van der Waals surface area contributed by atoms with Gasteiger partial charge in [-0.2, -0.15) is 0 Å². The summed E-state index contributed by atoms with van der Waals surface area (Å²) in [6.07, 6.45) is 2.97. The number of aryl methyl sites for hydroxylation is 2. The van der Waals surface area contributed by atoms with E-state index in [1.165, 1.54) is 11.6 Å². The molecule has 0 atom stereocenters. The van der Waals surface area contributed by atoms with E-state index in [1.807, 2.05) is 44.2 Å². The molecule has 3 aromatic carbocycles. The largest absolute Gasteiger partial charge is 0.452 e. The van der Waals surface area contributed by atoms with Crippen molar-refractivity contribution in [1.82, 2.24) is 0 Å². The SMILES string of the molecule is Cc1cc2oc(-c3ccc(Cl)cc3)c(OC(=O)/C=C/c3ccc(C(C)(C)C)cc3)c(=O)c2cc1C. The van der Waals surface area contributed by atoms with Crippen molar-refractivity contribution in [3.8, 4) is 17.1 Å². The molecule has 35 heavy (non-hydrogen) atoms. The van der Waals surface area contributed by atoms with Crippen molar-refractivity contribution in [2.75, 3.05) is 0 Å². The summed E-state index contributed by atoms with van der Waals surface area (Å²) in [7, 11) is 0. The summed E-state index contributed by atoms with van der Waals surface area (Å²) in [5.41, 5.74) is 4.63. The molecular weight excluding hydrogens is 460 g/mol. The molecule has 0 saturated heterocycles. The fourth-order valence-electron chi connectivity index (χ4n) is 3.71. The van der Waals surface area contributed by atoms with Gasteiger partial charge in [0.2, 0.25) is 11.2 Å². The van der Waals surface area contributed by atoms with E-state index in [4.69, 9.17) is 20.8 Å². The zero-order chi connectivity index (χ0) is 25.3. The molecule has 4 aromatic rings. The average Bonchev–Trinajstić information content (AvgIpc) is 2.81. The molecule has 1 aromatic heterocycles. The molecule has 0 fully saturated rings. The van der Waals surface area contributed by atoms with Gasteiger partial charge in [0.15, 0.2) is 5.76 Å². The highest BCUT2D eigenvalue weighted by atomic mass is 35.5. The summed E-state index contributed by atoms with van der Waals surface area (Å²) in [6.45, 7) is 10.3. The quantitative estimate of drug-likeness (QED) is 0.219. The van der Waals surface area contributed by atoms with Crippen molar-refractivity contribution in [3.63, 3.8) is 0 Å². The van der Waals surface area contributed by atoms with Gasteiger partial charge in [0.05, 0.1) is 5.39 Å². The molecule has 0 bridgehead atoms. The molecule has 178 valence electrons. The van der Waals surface area contributed by atoms with E-state index in [1.54, 1.807) is 36.4 Å². The molecule has 0 amide bonds. The number of halogens is 1. The van der Waals surface area contributed by atoms with Gasteiger partial charge >= 0.3 is 5.97 Å². The minimum atomic E-state index is -0.671. The number of rotatable bonds is 4. The molecule has 0 aliphatic rings. The van der Waals surface area contributed by atoms with Crippen LogP contribution in [0.5, 0.6) is 5.75 Å². The van der Waals surface area contributed by atoms with Gasteiger partial charge in [0.25, 0.3) is 0 Å². The van der Waals surface area contributed by atoms with Crippen LogP contribution in [0.15, 0.2) is 76.0 Å². The third-order valence-electron chi connectivity index (χ3n) is 5.96. The molecule has 0 spiro atoms. The second kappa shape index (κ2) is 9.55. The minimum absolute atomic E-state index is 0.0419. The number of ether oxygens (including phenoxy) is 1. The van der Waals surface area contributed by atoms with Crippen LogP contribution in [0.2, 0.25) is 5.02 Å². The van der Waals surface area contributed by atoms with Gasteiger partial charge in [-0.15, -0.1) is 0 Å². The molecule has 5 heteroatoms. The first-order chi connectivity index (χ1) is 16.5. The second-order valence-electron chi connectivity index (χ2n) is 9.66. The molecular formula is C30H27ClO4. The standard InChI is InChI=1S/C30H27ClO4/c1-18-16-24-25(17-19(18)2)34-28(21-9-13-23(31)14-10-21)29(27(24)33)35-26(32)15-8-20-6-11-22(12-7-20)30(3,4)5/h6-17H,1-5H3/b15-8+. The van der Waals surface area contributed by atoms with Gasteiger partial charge in [-0.1, -0.05) is 56.6 Å². The van der Waals surface area contributed by atoms with Crippen LogP contribution >= 0.6 is 11.6 Å². The van der Waals surface area contributed by atoms with E-state index >= 15 is 0 Å². The number of hydrogen-bond acceptors (Lipinski definition) is 4. The van der Waals surface area contributed by atoms with Crippen molar-refractivity contribution in [1.29, 1.82) is 0 Å². The van der Waals surface area contributed by atoms with E-state index < -0.39 is 11.4 Å². The number of benzene rings is 3. The fraction of sp³-hybridized carbons (Fsp3) is 0.200. The fourth-order valence-corrected chi connectivity index (χ4v) is 3.84. The molecule has 0 radical (unpaired) electrons. The Balaban J connectivity index is 1.72. The summed E-state index contributed by atoms with van der Waals surface area (Å²) in [5.74, 6) is -0.643. The maximum atomic E-state index is 13.4. The number of esters is 1. The van der Waals surface area contributed by atoms with Crippen molar-refractivity contribution in [2.45, 2.75) is 40.0 Å². The topological polar surface area (TPSA) is 56.5 Å². The normalized spacial score (nSPS) is 11.8. The molecule has 0 N–H and O–H groups in total. The minimum Gasteiger partial charge on any atom is -0.452 e. The number of carbonyl (C=O) groups excluding carboxylic acids is 1. The lowest BCUT2D eigenvalue weighted by Crippen LogP contribution is -2.14. The maximum Gasteiger partial charge on any atom is 0.336 e. The van der Waals surface area contributed by atoms with Gasteiger partial charge in [0.1, 0.15) is 5.58 Å². The van der Waals surface area contributed by atoms with Crippen LogP contribution in [-0.4, -0.2) is 5.97 Å². The zero-order valence-corrected chi connectivity index (χ0v) is 21.2. The first-order valence-corrected chi connectivity index (χ1v) is 11.7. The summed E-state index contributed by atoms with van der Waals surface area (Å²) < 4.78 is 11.7. The Bertz CT molecular complexity index is 1490. The first kappa shape index (κ1) is 24.5. The highest BCUT2D eigenvalue weighted by Crippen LogP contribution is 2.32. The lowest BCUT2D eigenvalue weighted by Gasteiger charge is -2.18. The van der Waals surface area contributed by atoms with E-state index in [2.05, 4.69) is 20.8 Å². The predicted octanol–water partition coefficient (Wildman–Crippen LogP) is 7.65. The zero-order valence-electron chi connectivity index (χ0n) is 20.4. The Morgan fingerprint density at radius 1 is 0.943 bits per heavy atom. The van der Waals surface area contributed by atoms with Crippen molar-refractivity contribution in [2.24, 2.45) is 0 Å². The van der Waals surface area contributed by atoms with Crippen molar-refractivity contribution < 1.29 is 13.9 Å². The summed E-state index contributed by atoms with van der Waals surface area (Å²) >= 11 is 6.03. The average molecular weight is 487 g/mol. The van der Waals surface area contributed by atoms with Crippen LogP contribution in [0, 0.1) is 13.8 Å². The molecule has 0 unspecified atom stereocenters. The summed E-state index contributed by atoms with van der Waals surface area (Å²) in [5, 5.41) is 0.901. The molecule has 4 nitrogen and oxygen atoms in total. The molecule has 0 aliphatic carbocycles. The Hall–Kier alpha value is -3.63. The Morgan fingerprint density at radius 2 is 1.57 bits per heavy atom. The van der Waals surface area contributed by atoms with Gasteiger partial charge in [-0.25, -0.2) is 4.79 Å². The number of fused-ring (bicyclic) bond motifs is 1. The number of carbonyl (C=O) groups is 1. The summed E-state index contributed by atoms with van der Waals surface area (Å²) in [6, 6.07) is 18.3. The number of hydrogen-bond donors (Lipinski definition) is 0. The van der Waals surface area contributed by atoms with Gasteiger partial charge in [-0.05, 0) is 84.0 Å². The molecule has 0 aliphatic heterocycles. The highest BCUT2D eigenvalue weighted by Gasteiger charge is 2.20. The summed E-state index contributed by atoms with van der Waals surface area (Å²) in [4.78, 5) is 26.2. The van der Waals surface area contributed by atoms with Crippen LogP contribution in [0.3, 0.4) is 0 Å². The first-order valence-electron chi connectivity index (χ1n) is 11.4. The molecule has 4 rings (SSSR count). The van der Waals surface area contributed by atoms with E-state index in [0.29, 0.717) is 21.6 Å². The van der Waals surface area contributed by atoms with Gasteiger partial charge in [-0.3, -0.25) is 4.79 Å². The lowest BCUT2D eigenvalue weighted by molar-refractivity contribution is -0.129. The monoisotopic (exact) mass is 486 g/mol. The third kappa shape index (κ3) is 5.39. The third-order valence-corrected chi connectivity index (χ3v) is 6.21. The van der Waals surface area contributed by atoms with Crippen molar-refractivity contribution >= 4 is 34.6 Å². The van der Waals surface area contributed by atoms with Crippen LogP contribution in [-0.2, 0) is 10.2 Å². The molecule has 0 saturated carbocycles. The Labute approximate surface area is 209 Å². The van der Waals surface area contributed by atoms with Crippen LogP contribution in [0.1, 0.15) is 43.0 Å². The van der Waals surface area contributed by atoms with Crippen LogP contribution < -0.4 is 10.2 Å². The van der Waals surface area contributed by atoms with Crippen LogP contribution in [0.4, 0.5) is 0 Å². The Morgan fingerprint density at radius 3 is 2.20 bits per heavy atom. The Kier molecular flexibility index (Phi) is 6.68. The van der Waals surface area contributed by atoms with Gasteiger partial charge in [0, 0.05) is 16.7 Å². The maximum absolute atomic E-state index is 13.4. The van der Waals surface area contributed by atoms with Crippen LogP contribution in [0.25, 0.3) is 28.4 Å². The molecule has 1 heterocycles. The lowest BCUT2D eigenvalue weighted by atomic mass is 9.87. The van der Waals surface area contributed by atoms with E-state index in [-0.39, 0.29) is 16.9 Å². The predicted molar refractivity (Wildman–Crippen MR) is 142 cm³/mol.